The molecule has 2 heterocycles. The van der Waals surface area contributed by atoms with Crippen LogP contribution in [0.3, 0.4) is 0 Å². The van der Waals surface area contributed by atoms with Gasteiger partial charge in [0.15, 0.2) is 0 Å². The summed E-state index contributed by atoms with van der Waals surface area (Å²) < 4.78 is 0. The maximum Gasteiger partial charge on any atom is 0.0176 e. The molecule has 0 unspecified atom stereocenters. The fraction of sp³-hybridized carbons (Fsp3) is 0.750. The first kappa shape index (κ1) is 10.5. The zero-order valence-corrected chi connectivity index (χ0v) is 7.10. The molecule has 0 aromatic heterocycles. The van der Waals surface area contributed by atoms with Crippen LogP contribution < -0.4 is 16.8 Å². The zero-order chi connectivity index (χ0) is 7.07. The molecule has 2 rings (SSSR count). The van der Waals surface area contributed by atoms with Gasteiger partial charge in [-0.25, -0.2) is 0 Å². The molecule has 11 heavy (non-hydrogen) atoms. The van der Waals surface area contributed by atoms with E-state index in [-0.39, 0.29) is 6.15 Å². The summed E-state index contributed by atoms with van der Waals surface area (Å²) in [5.41, 5.74) is 0. The Hall–Kier alpha value is -0.540. The molecular weight excluding hydrogens is 138 g/mol. The van der Waals surface area contributed by atoms with Gasteiger partial charge in [-0.1, -0.05) is 6.08 Å². The molecule has 0 amide bonds. The van der Waals surface area contributed by atoms with Crippen molar-refractivity contribution < 1.29 is 0 Å². The van der Waals surface area contributed by atoms with E-state index in [1.54, 1.807) is 0 Å². The Labute approximate surface area is 68.8 Å². The highest BCUT2D eigenvalue weighted by atomic mass is 14.9. The van der Waals surface area contributed by atoms with Crippen molar-refractivity contribution in [3.05, 3.63) is 12.3 Å². The third-order valence-electron chi connectivity index (χ3n) is 1.65. The van der Waals surface area contributed by atoms with Gasteiger partial charge in [0.25, 0.3) is 0 Å². The van der Waals surface area contributed by atoms with Gasteiger partial charge in [0.1, 0.15) is 0 Å². The van der Waals surface area contributed by atoms with Gasteiger partial charge < -0.3 is 16.8 Å². The number of rotatable bonds is 0. The van der Waals surface area contributed by atoms with E-state index in [1.807, 2.05) is 6.20 Å². The molecule has 1 saturated heterocycles. The highest BCUT2D eigenvalue weighted by Gasteiger charge is 1.93. The first-order chi connectivity index (χ1) is 5.00. The molecule has 66 valence electrons. The van der Waals surface area contributed by atoms with E-state index < -0.39 is 0 Å². The van der Waals surface area contributed by atoms with Crippen LogP contribution in [0.25, 0.3) is 0 Å². The maximum absolute atomic E-state index is 3.22. The lowest BCUT2D eigenvalue weighted by molar-refractivity contribution is 0.857. The van der Waals surface area contributed by atoms with Crippen molar-refractivity contribution in [2.45, 2.75) is 19.3 Å². The van der Waals surface area contributed by atoms with Gasteiger partial charge in [0.2, 0.25) is 0 Å². The predicted octanol–water partition coefficient (Wildman–Crippen LogP) is 1.03. The van der Waals surface area contributed by atoms with E-state index in [9.17, 15) is 0 Å². The Kier molecular flexibility index (Phi) is 7.19. The van der Waals surface area contributed by atoms with Gasteiger partial charge >= 0.3 is 0 Å². The first-order valence-corrected chi connectivity index (χ1v) is 4.09. The summed E-state index contributed by atoms with van der Waals surface area (Å²) in [6, 6.07) is 0. The van der Waals surface area contributed by atoms with Gasteiger partial charge in [-0.3, -0.25) is 0 Å². The molecule has 0 saturated carbocycles. The Bertz CT molecular complexity index is 83.9. The van der Waals surface area contributed by atoms with E-state index in [0.29, 0.717) is 0 Å². The van der Waals surface area contributed by atoms with Crippen LogP contribution in [-0.4, -0.2) is 19.6 Å². The maximum atomic E-state index is 3.22. The normalized spacial score (nSPS) is 19.6. The second-order valence-electron chi connectivity index (χ2n) is 2.60. The summed E-state index contributed by atoms with van der Waals surface area (Å²) in [4.78, 5) is 0. The minimum absolute atomic E-state index is 0. The molecule has 5 N–H and O–H groups in total. The molecule has 0 radical (unpaired) electrons. The Balaban J connectivity index is 0.000000167. The summed E-state index contributed by atoms with van der Waals surface area (Å²) in [6.45, 7) is 3.64. The summed E-state index contributed by atoms with van der Waals surface area (Å²) in [5.74, 6) is 0. The van der Waals surface area contributed by atoms with Crippen molar-refractivity contribution in [3.63, 3.8) is 0 Å². The average Bonchev–Trinajstić information content (AvgIpc) is 2.67. The molecule has 1 fully saturated rings. The van der Waals surface area contributed by atoms with E-state index >= 15 is 0 Å². The highest BCUT2D eigenvalue weighted by molar-refractivity contribution is 4.86. The fourth-order valence-electron chi connectivity index (χ4n) is 1.04. The second kappa shape index (κ2) is 7.57. The minimum atomic E-state index is 0. The quantitative estimate of drug-likeness (QED) is 0.492. The monoisotopic (exact) mass is 157 g/mol. The Morgan fingerprint density at radius 2 is 1.73 bits per heavy atom. The van der Waals surface area contributed by atoms with Crippen LogP contribution in [0.5, 0.6) is 0 Å². The van der Waals surface area contributed by atoms with Crippen molar-refractivity contribution in [2.24, 2.45) is 0 Å². The minimum Gasteiger partial charge on any atom is -0.391 e. The smallest absolute Gasteiger partial charge is 0.0176 e. The van der Waals surface area contributed by atoms with Crippen molar-refractivity contribution in [1.82, 2.24) is 16.8 Å². The standard InChI is InChI=1S/C4H9N.C4H7N.H3N/c2*1-2-4-5-3-1;/h5H,1-4H2;1,3,5H,2,4H2;1H3. The van der Waals surface area contributed by atoms with E-state index in [1.165, 1.54) is 32.4 Å². The van der Waals surface area contributed by atoms with Crippen LogP contribution in [0.1, 0.15) is 19.3 Å². The second-order valence-corrected chi connectivity index (χ2v) is 2.60. The van der Waals surface area contributed by atoms with Crippen molar-refractivity contribution in [2.75, 3.05) is 19.6 Å². The van der Waals surface area contributed by atoms with Crippen LogP contribution in [-0.2, 0) is 0 Å². The van der Waals surface area contributed by atoms with Crippen molar-refractivity contribution >= 4 is 0 Å². The van der Waals surface area contributed by atoms with Crippen LogP contribution in [0.4, 0.5) is 0 Å². The van der Waals surface area contributed by atoms with E-state index in [2.05, 4.69) is 16.7 Å². The van der Waals surface area contributed by atoms with Crippen molar-refractivity contribution in [3.8, 4) is 0 Å². The molecular formula is C8H19N3. The van der Waals surface area contributed by atoms with Crippen molar-refractivity contribution in [1.29, 1.82) is 0 Å². The number of nitrogens with one attached hydrogen (secondary N) is 2. The van der Waals surface area contributed by atoms with Gasteiger partial charge in [0.05, 0.1) is 0 Å². The average molecular weight is 157 g/mol. The topological polar surface area (TPSA) is 59.1 Å². The van der Waals surface area contributed by atoms with Gasteiger partial charge in [-0.15, -0.1) is 0 Å². The Morgan fingerprint density at radius 1 is 1.00 bits per heavy atom. The summed E-state index contributed by atoms with van der Waals surface area (Å²) in [6.07, 6.45) is 8.10. The predicted molar refractivity (Wildman–Crippen MR) is 48.9 cm³/mol. The van der Waals surface area contributed by atoms with E-state index in [0.717, 1.165) is 6.54 Å². The molecule has 3 heteroatoms. The van der Waals surface area contributed by atoms with Gasteiger partial charge in [0, 0.05) is 6.54 Å². The lowest BCUT2D eigenvalue weighted by Gasteiger charge is -1.78. The first-order valence-electron chi connectivity index (χ1n) is 4.09. The van der Waals surface area contributed by atoms with E-state index in [4.69, 9.17) is 0 Å². The number of hydrogen-bond acceptors (Lipinski definition) is 3. The highest BCUT2D eigenvalue weighted by Crippen LogP contribution is 1.90. The molecule has 2 aliphatic rings. The van der Waals surface area contributed by atoms with Crippen LogP contribution in [0.15, 0.2) is 12.3 Å². The SMILES string of the molecule is C1=CNCC1.C1CCNC1.N. The molecule has 2 aliphatic heterocycles. The molecule has 0 aromatic rings. The molecule has 3 nitrogen and oxygen atoms in total. The summed E-state index contributed by atoms with van der Waals surface area (Å²) in [5, 5.41) is 6.26. The third kappa shape index (κ3) is 5.88. The summed E-state index contributed by atoms with van der Waals surface area (Å²) >= 11 is 0. The lowest BCUT2D eigenvalue weighted by Crippen LogP contribution is -2.03. The third-order valence-corrected chi connectivity index (χ3v) is 1.65. The lowest BCUT2D eigenvalue weighted by atomic mass is 10.4. The molecule has 0 atom stereocenters. The number of hydrogen-bond donors (Lipinski definition) is 3. The van der Waals surface area contributed by atoms with Gasteiger partial charge in [-0.2, -0.15) is 0 Å². The summed E-state index contributed by atoms with van der Waals surface area (Å²) in [7, 11) is 0. The molecule has 0 spiro atoms. The largest absolute Gasteiger partial charge is 0.391 e. The van der Waals surface area contributed by atoms with Crippen LogP contribution in [0, 0.1) is 0 Å². The Morgan fingerprint density at radius 3 is 1.91 bits per heavy atom. The van der Waals surface area contributed by atoms with Crippen LogP contribution in [0.2, 0.25) is 0 Å². The van der Waals surface area contributed by atoms with Crippen LogP contribution >= 0.6 is 0 Å². The molecule has 0 aromatic carbocycles. The molecule has 0 aliphatic carbocycles. The fourth-order valence-corrected chi connectivity index (χ4v) is 1.04. The zero-order valence-electron chi connectivity index (χ0n) is 7.10. The molecule has 0 bridgehead atoms. The van der Waals surface area contributed by atoms with Gasteiger partial charge in [-0.05, 0) is 38.6 Å².